The van der Waals surface area contributed by atoms with Crippen molar-refractivity contribution in [1.29, 1.82) is 10.5 Å². The maximum atomic E-state index is 12.7. The van der Waals surface area contributed by atoms with Crippen molar-refractivity contribution in [2.75, 3.05) is 0 Å². The van der Waals surface area contributed by atoms with Gasteiger partial charge in [0.25, 0.3) is 0 Å². The van der Waals surface area contributed by atoms with E-state index in [1.807, 2.05) is 0 Å². The summed E-state index contributed by atoms with van der Waals surface area (Å²) < 4.78 is 38.2. The number of allylic oxidation sites excluding steroid dienone is 5. The summed E-state index contributed by atoms with van der Waals surface area (Å²) in [5, 5.41) is 17.8. The summed E-state index contributed by atoms with van der Waals surface area (Å²) in [7, 11) is 0. The van der Waals surface area contributed by atoms with Crippen molar-refractivity contribution in [3.8, 4) is 12.1 Å². The van der Waals surface area contributed by atoms with Gasteiger partial charge in [-0.25, -0.2) is 4.85 Å². The number of hydrogen-bond acceptors (Lipinski definition) is 2. The van der Waals surface area contributed by atoms with Crippen LogP contribution in [0.2, 0.25) is 0 Å². The van der Waals surface area contributed by atoms with Gasteiger partial charge in [0.15, 0.2) is 0 Å². The van der Waals surface area contributed by atoms with Crippen molar-refractivity contribution >= 4 is 0 Å². The molecule has 1 atom stereocenters. The maximum Gasteiger partial charge on any atom is 0.413 e. The van der Waals surface area contributed by atoms with Crippen molar-refractivity contribution in [2.24, 2.45) is 5.92 Å². The van der Waals surface area contributed by atoms with Gasteiger partial charge in [0.1, 0.15) is 0 Å². The molecule has 0 saturated carbocycles. The number of nitrogens with zero attached hydrogens (tertiary/aromatic N) is 3. The zero-order valence-corrected chi connectivity index (χ0v) is 8.84. The summed E-state index contributed by atoms with van der Waals surface area (Å²) in [6.07, 6.45) is -3.61. The van der Waals surface area contributed by atoms with Crippen LogP contribution < -0.4 is 0 Å². The van der Waals surface area contributed by atoms with Gasteiger partial charge >= 0.3 is 6.18 Å². The van der Waals surface area contributed by atoms with E-state index in [1.165, 1.54) is 12.1 Å². The molecule has 0 heterocycles. The minimum Gasteiger partial charge on any atom is -0.237 e. The molecule has 18 heavy (non-hydrogen) atoms. The van der Waals surface area contributed by atoms with Crippen LogP contribution >= 0.6 is 0 Å². The van der Waals surface area contributed by atoms with Crippen molar-refractivity contribution in [3.05, 3.63) is 45.5 Å². The lowest BCUT2D eigenvalue weighted by Crippen LogP contribution is -2.12. The number of alkyl halides is 3. The van der Waals surface area contributed by atoms with E-state index < -0.39 is 23.2 Å². The molecular formula is C12H4F3N3. The Morgan fingerprint density at radius 1 is 1.28 bits per heavy atom. The second-order valence-electron chi connectivity index (χ2n) is 3.84. The normalized spacial score (nSPS) is 22.2. The summed E-state index contributed by atoms with van der Waals surface area (Å²) in [5.74, 6) is -0.671. The molecule has 0 aromatic carbocycles. The molecule has 0 aliphatic heterocycles. The Labute approximate surface area is 101 Å². The third kappa shape index (κ3) is 1.49. The highest BCUT2D eigenvalue weighted by Crippen LogP contribution is 2.50. The number of halogens is 3. The van der Waals surface area contributed by atoms with Crippen LogP contribution in [-0.4, -0.2) is 6.18 Å². The number of rotatable bonds is 0. The van der Waals surface area contributed by atoms with E-state index in [2.05, 4.69) is 4.85 Å². The Hall–Kier alpha value is -2.52. The highest BCUT2D eigenvalue weighted by molar-refractivity contribution is 5.68. The van der Waals surface area contributed by atoms with Gasteiger partial charge in [0, 0.05) is 0 Å². The molecule has 88 valence electrons. The zero-order valence-electron chi connectivity index (χ0n) is 8.84. The SMILES string of the molecule is [C-]#[N+]C1=CC2CC(C(F)(F)F)=C(C#N)C2=C1C#N. The molecular weight excluding hydrogens is 243 g/mol. The fraction of sp³-hybridized carbons (Fsp3) is 0.250. The van der Waals surface area contributed by atoms with Crippen molar-refractivity contribution in [1.82, 2.24) is 0 Å². The van der Waals surface area contributed by atoms with Crippen molar-refractivity contribution < 1.29 is 13.2 Å². The minimum atomic E-state index is -4.57. The van der Waals surface area contributed by atoms with Gasteiger partial charge in [-0.15, -0.1) is 0 Å². The molecule has 0 radical (unpaired) electrons. The predicted molar refractivity (Wildman–Crippen MR) is 54.1 cm³/mol. The van der Waals surface area contributed by atoms with Crippen LogP contribution in [0.15, 0.2) is 34.1 Å². The molecule has 2 rings (SSSR count). The van der Waals surface area contributed by atoms with Gasteiger partial charge < -0.3 is 0 Å². The summed E-state index contributed by atoms with van der Waals surface area (Å²) in [5.41, 5.74) is -1.42. The monoisotopic (exact) mass is 247 g/mol. The first-order valence-electron chi connectivity index (χ1n) is 4.88. The summed E-state index contributed by atoms with van der Waals surface area (Å²) in [4.78, 5) is 3.10. The molecule has 1 unspecified atom stereocenters. The third-order valence-electron chi connectivity index (χ3n) is 2.94. The van der Waals surface area contributed by atoms with Crippen LogP contribution in [0.3, 0.4) is 0 Å². The summed E-state index contributed by atoms with van der Waals surface area (Å²) >= 11 is 0. The molecule has 0 N–H and O–H groups in total. The van der Waals surface area contributed by atoms with Gasteiger partial charge in [-0.3, -0.25) is 0 Å². The number of fused-ring (bicyclic) bond motifs is 1. The average Bonchev–Trinajstić information content (AvgIpc) is 2.81. The first kappa shape index (κ1) is 12.0. The lowest BCUT2D eigenvalue weighted by molar-refractivity contribution is -0.0939. The molecule has 0 saturated heterocycles. The molecule has 0 bridgehead atoms. The lowest BCUT2D eigenvalue weighted by Gasteiger charge is -2.07. The standard InChI is InChI=1S/C12H4F3N3/c1-18-10-3-6-2-9(12(13,14)15)7(4-16)11(6)8(10)5-17/h3,6H,2H2. The van der Waals surface area contributed by atoms with Crippen LogP contribution in [0.1, 0.15) is 6.42 Å². The van der Waals surface area contributed by atoms with Gasteiger partial charge in [0.05, 0.1) is 35.4 Å². The lowest BCUT2D eigenvalue weighted by atomic mass is 10.0. The van der Waals surface area contributed by atoms with Crippen molar-refractivity contribution in [2.45, 2.75) is 12.6 Å². The Morgan fingerprint density at radius 2 is 1.89 bits per heavy atom. The van der Waals surface area contributed by atoms with Crippen LogP contribution in [0.25, 0.3) is 4.85 Å². The smallest absolute Gasteiger partial charge is 0.237 e. The molecule has 3 nitrogen and oxygen atoms in total. The molecule has 0 spiro atoms. The Morgan fingerprint density at radius 3 is 2.33 bits per heavy atom. The van der Waals surface area contributed by atoms with Crippen molar-refractivity contribution in [3.63, 3.8) is 0 Å². The minimum absolute atomic E-state index is 0.0338. The van der Waals surface area contributed by atoms with E-state index in [1.54, 1.807) is 6.07 Å². The van der Waals surface area contributed by atoms with Gasteiger partial charge in [0.2, 0.25) is 5.70 Å². The molecule has 6 heteroatoms. The molecule has 2 aliphatic carbocycles. The zero-order chi connectivity index (χ0) is 13.5. The maximum absolute atomic E-state index is 12.7. The van der Waals surface area contributed by atoms with Gasteiger partial charge in [-0.2, -0.15) is 23.7 Å². The van der Waals surface area contributed by atoms with Gasteiger partial charge in [-0.1, -0.05) is 6.08 Å². The van der Waals surface area contributed by atoms with Crippen LogP contribution in [0.4, 0.5) is 13.2 Å². The summed E-state index contributed by atoms with van der Waals surface area (Å²) in [6.45, 7) is 6.86. The first-order valence-corrected chi connectivity index (χ1v) is 4.88. The molecule has 0 fully saturated rings. The van der Waals surface area contributed by atoms with E-state index in [-0.39, 0.29) is 23.3 Å². The average molecular weight is 247 g/mol. The van der Waals surface area contributed by atoms with Crippen LogP contribution in [-0.2, 0) is 0 Å². The second kappa shape index (κ2) is 3.75. The fourth-order valence-electron chi connectivity index (χ4n) is 2.23. The van der Waals surface area contributed by atoms with E-state index in [4.69, 9.17) is 17.1 Å². The fourth-order valence-corrected chi connectivity index (χ4v) is 2.23. The number of hydrogen-bond donors (Lipinski definition) is 0. The van der Waals surface area contributed by atoms with Crippen LogP contribution in [0, 0.1) is 35.2 Å². The highest BCUT2D eigenvalue weighted by atomic mass is 19.4. The largest absolute Gasteiger partial charge is 0.413 e. The molecule has 2 aliphatic rings. The molecule has 0 amide bonds. The molecule has 0 aromatic rings. The Kier molecular flexibility index (Phi) is 2.49. The second-order valence-corrected chi connectivity index (χ2v) is 3.84. The Balaban J connectivity index is 2.66. The van der Waals surface area contributed by atoms with Crippen LogP contribution in [0.5, 0.6) is 0 Å². The van der Waals surface area contributed by atoms with Gasteiger partial charge in [-0.05, 0) is 17.9 Å². The predicted octanol–water partition coefficient (Wildman–Crippen LogP) is 3.03. The van der Waals surface area contributed by atoms with E-state index >= 15 is 0 Å². The Bertz CT molecular complexity index is 642. The van der Waals surface area contributed by atoms with E-state index in [0.717, 1.165) is 0 Å². The topological polar surface area (TPSA) is 51.9 Å². The first-order chi connectivity index (χ1) is 8.43. The summed E-state index contributed by atoms with van der Waals surface area (Å²) in [6, 6.07) is 3.23. The molecule has 0 aromatic heterocycles. The number of nitriles is 2. The van der Waals surface area contributed by atoms with E-state index in [9.17, 15) is 13.2 Å². The highest BCUT2D eigenvalue weighted by Gasteiger charge is 2.46. The third-order valence-corrected chi connectivity index (χ3v) is 2.94. The quantitative estimate of drug-likeness (QED) is 0.618. The van der Waals surface area contributed by atoms with E-state index in [0.29, 0.717) is 0 Å².